The molecule has 0 saturated heterocycles. The van der Waals surface area contributed by atoms with Crippen LogP contribution in [-0.4, -0.2) is 19.6 Å². The monoisotopic (exact) mass is 263 g/mol. The van der Waals surface area contributed by atoms with Gasteiger partial charge in [0, 0.05) is 16.3 Å². The number of sulfonamides is 1. The van der Waals surface area contributed by atoms with Gasteiger partial charge in [-0.15, -0.1) is 11.3 Å². The maximum atomic E-state index is 11.9. The standard InChI is InChI=1S/C10H17NO3S2/c1-3-8(4-2)11-16(13,14)10-5-9(6-12)15-7-10/h5,7-8,11-12H,3-4,6H2,1-2H3. The van der Waals surface area contributed by atoms with E-state index < -0.39 is 10.0 Å². The van der Waals surface area contributed by atoms with Crippen molar-refractivity contribution in [3.05, 3.63) is 16.3 Å². The molecule has 0 spiro atoms. The summed E-state index contributed by atoms with van der Waals surface area (Å²) in [7, 11) is -3.42. The van der Waals surface area contributed by atoms with Gasteiger partial charge in [-0.3, -0.25) is 0 Å². The van der Waals surface area contributed by atoms with Gasteiger partial charge in [0.15, 0.2) is 0 Å². The smallest absolute Gasteiger partial charge is 0.241 e. The first-order chi connectivity index (χ1) is 7.53. The quantitative estimate of drug-likeness (QED) is 0.821. The molecule has 0 aliphatic rings. The molecule has 16 heavy (non-hydrogen) atoms. The van der Waals surface area contributed by atoms with Crippen LogP contribution in [0, 0.1) is 0 Å². The highest BCUT2D eigenvalue weighted by atomic mass is 32.2. The lowest BCUT2D eigenvalue weighted by Gasteiger charge is -2.13. The van der Waals surface area contributed by atoms with Crippen LogP contribution >= 0.6 is 11.3 Å². The summed E-state index contributed by atoms with van der Waals surface area (Å²) < 4.78 is 26.5. The minimum atomic E-state index is -3.42. The summed E-state index contributed by atoms with van der Waals surface area (Å²) in [5, 5.41) is 10.4. The summed E-state index contributed by atoms with van der Waals surface area (Å²) in [6.07, 6.45) is 1.54. The number of hydrogen-bond donors (Lipinski definition) is 2. The zero-order valence-electron chi connectivity index (χ0n) is 9.43. The lowest BCUT2D eigenvalue weighted by Crippen LogP contribution is -2.33. The van der Waals surface area contributed by atoms with E-state index in [1.54, 1.807) is 5.38 Å². The predicted molar refractivity (Wildman–Crippen MR) is 64.9 cm³/mol. The zero-order valence-corrected chi connectivity index (χ0v) is 11.1. The van der Waals surface area contributed by atoms with Gasteiger partial charge in [-0.25, -0.2) is 13.1 Å². The molecule has 0 aromatic carbocycles. The van der Waals surface area contributed by atoms with Gasteiger partial charge < -0.3 is 5.11 Å². The van der Waals surface area contributed by atoms with E-state index in [1.165, 1.54) is 17.4 Å². The lowest BCUT2D eigenvalue weighted by molar-refractivity contribution is 0.285. The van der Waals surface area contributed by atoms with Gasteiger partial charge in [0.1, 0.15) is 0 Å². The Labute approximate surface area is 100 Å². The first-order valence-corrected chi connectivity index (χ1v) is 7.60. The average molecular weight is 263 g/mol. The summed E-state index contributed by atoms with van der Waals surface area (Å²) in [4.78, 5) is 0.901. The summed E-state index contributed by atoms with van der Waals surface area (Å²) in [6, 6.07) is 1.48. The largest absolute Gasteiger partial charge is 0.391 e. The summed E-state index contributed by atoms with van der Waals surface area (Å²) >= 11 is 1.25. The zero-order chi connectivity index (χ0) is 12.2. The summed E-state index contributed by atoms with van der Waals surface area (Å²) in [6.45, 7) is 3.78. The van der Waals surface area contributed by atoms with E-state index in [0.29, 0.717) is 4.88 Å². The molecule has 1 aromatic heterocycles. The number of aliphatic hydroxyl groups excluding tert-OH is 1. The Morgan fingerprint density at radius 3 is 2.50 bits per heavy atom. The van der Waals surface area contributed by atoms with E-state index in [4.69, 9.17) is 5.11 Å². The van der Waals surface area contributed by atoms with Crippen LogP contribution in [0.4, 0.5) is 0 Å². The molecule has 1 heterocycles. The Morgan fingerprint density at radius 2 is 2.06 bits per heavy atom. The summed E-state index contributed by atoms with van der Waals surface area (Å²) in [5.41, 5.74) is 0. The molecule has 4 nitrogen and oxygen atoms in total. The Balaban J connectivity index is 2.85. The van der Waals surface area contributed by atoms with Gasteiger partial charge in [0.05, 0.1) is 11.5 Å². The molecule has 1 aromatic rings. The van der Waals surface area contributed by atoms with E-state index in [2.05, 4.69) is 4.72 Å². The Kier molecular flexibility index (Phi) is 4.91. The van der Waals surface area contributed by atoms with E-state index in [9.17, 15) is 8.42 Å². The van der Waals surface area contributed by atoms with Crippen molar-refractivity contribution >= 4 is 21.4 Å². The van der Waals surface area contributed by atoms with Crippen molar-refractivity contribution < 1.29 is 13.5 Å². The molecule has 0 atom stereocenters. The van der Waals surface area contributed by atoms with Gasteiger partial charge in [0.2, 0.25) is 10.0 Å². The number of rotatable bonds is 6. The normalized spacial score (nSPS) is 12.2. The van der Waals surface area contributed by atoms with Crippen LogP contribution in [0.3, 0.4) is 0 Å². The maximum absolute atomic E-state index is 11.9. The van der Waals surface area contributed by atoms with Crippen molar-refractivity contribution in [3.63, 3.8) is 0 Å². The number of aliphatic hydroxyl groups is 1. The molecule has 1 rings (SSSR count). The molecular formula is C10H17NO3S2. The van der Waals surface area contributed by atoms with Gasteiger partial charge in [-0.1, -0.05) is 13.8 Å². The highest BCUT2D eigenvalue weighted by molar-refractivity contribution is 7.89. The van der Waals surface area contributed by atoms with Crippen molar-refractivity contribution in [2.24, 2.45) is 0 Å². The second kappa shape index (κ2) is 5.77. The molecule has 0 aliphatic carbocycles. The summed E-state index contributed by atoms with van der Waals surface area (Å²) in [5.74, 6) is 0. The number of hydrogen-bond acceptors (Lipinski definition) is 4. The lowest BCUT2D eigenvalue weighted by atomic mass is 10.2. The molecule has 2 N–H and O–H groups in total. The van der Waals surface area contributed by atoms with Gasteiger partial charge in [-0.05, 0) is 18.9 Å². The van der Waals surface area contributed by atoms with Crippen LogP contribution in [0.25, 0.3) is 0 Å². The number of nitrogens with one attached hydrogen (secondary N) is 1. The van der Waals surface area contributed by atoms with Crippen LogP contribution < -0.4 is 4.72 Å². The topological polar surface area (TPSA) is 66.4 Å². The molecule has 6 heteroatoms. The first-order valence-electron chi connectivity index (χ1n) is 5.24. The second-order valence-corrected chi connectivity index (χ2v) is 6.25. The van der Waals surface area contributed by atoms with E-state index in [1.807, 2.05) is 13.8 Å². The van der Waals surface area contributed by atoms with Gasteiger partial charge in [-0.2, -0.15) is 0 Å². The van der Waals surface area contributed by atoms with Crippen molar-refractivity contribution in [2.75, 3.05) is 0 Å². The SMILES string of the molecule is CCC(CC)NS(=O)(=O)c1csc(CO)c1. The molecule has 0 fully saturated rings. The highest BCUT2D eigenvalue weighted by Crippen LogP contribution is 2.19. The number of thiophene rings is 1. The fourth-order valence-corrected chi connectivity index (χ4v) is 3.86. The van der Waals surface area contributed by atoms with Crippen LogP contribution in [0.15, 0.2) is 16.3 Å². The highest BCUT2D eigenvalue weighted by Gasteiger charge is 2.19. The minimum Gasteiger partial charge on any atom is -0.391 e. The van der Waals surface area contributed by atoms with E-state index in [-0.39, 0.29) is 17.5 Å². The second-order valence-electron chi connectivity index (χ2n) is 3.54. The van der Waals surface area contributed by atoms with Crippen molar-refractivity contribution in [2.45, 2.75) is 44.2 Å². The fraction of sp³-hybridized carbons (Fsp3) is 0.600. The van der Waals surface area contributed by atoms with E-state index in [0.717, 1.165) is 12.8 Å². The van der Waals surface area contributed by atoms with Gasteiger partial charge >= 0.3 is 0 Å². The molecule has 0 amide bonds. The fourth-order valence-electron chi connectivity index (χ4n) is 1.33. The van der Waals surface area contributed by atoms with Gasteiger partial charge in [0.25, 0.3) is 0 Å². The molecule has 0 unspecified atom stereocenters. The molecule has 92 valence electrons. The third-order valence-corrected chi connectivity index (χ3v) is 4.97. The van der Waals surface area contributed by atoms with Crippen molar-refractivity contribution in [3.8, 4) is 0 Å². The van der Waals surface area contributed by atoms with Crippen molar-refractivity contribution in [1.82, 2.24) is 4.72 Å². The average Bonchev–Trinajstić information content (AvgIpc) is 2.75. The Hall–Kier alpha value is -0.430. The molecule has 0 bridgehead atoms. The third kappa shape index (κ3) is 3.28. The van der Waals surface area contributed by atoms with Crippen LogP contribution in [0.5, 0.6) is 0 Å². The van der Waals surface area contributed by atoms with E-state index >= 15 is 0 Å². The molecular weight excluding hydrogens is 246 g/mol. The minimum absolute atomic E-state index is 0.0255. The first kappa shape index (κ1) is 13.6. The van der Waals surface area contributed by atoms with Crippen LogP contribution in [0.1, 0.15) is 31.6 Å². The Bertz CT molecular complexity index is 421. The molecule has 0 saturated carbocycles. The third-order valence-electron chi connectivity index (χ3n) is 2.40. The Morgan fingerprint density at radius 1 is 1.44 bits per heavy atom. The van der Waals surface area contributed by atoms with Crippen LogP contribution in [0.2, 0.25) is 0 Å². The predicted octanol–water partition coefficient (Wildman–Crippen LogP) is 1.71. The molecule has 0 aliphatic heterocycles. The van der Waals surface area contributed by atoms with Crippen molar-refractivity contribution in [1.29, 1.82) is 0 Å². The van der Waals surface area contributed by atoms with Crippen LogP contribution in [-0.2, 0) is 16.6 Å². The maximum Gasteiger partial charge on any atom is 0.241 e. The molecule has 0 radical (unpaired) electrons.